The molecule has 1 N–H and O–H groups in total. The van der Waals surface area contributed by atoms with Crippen LogP contribution in [0, 0.1) is 0 Å². The molecule has 0 unspecified atom stereocenters. The van der Waals surface area contributed by atoms with Crippen molar-refractivity contribution in [2.24, 2.45) is 7.05 Å². The van der Waals surface area contributed by atoms with E-state index in [0.717, 1.165) is 0 Å². The van der Waals surface area contributed by atoms with Gasteiger partial charge in [0.1, 0.15) is 11.5 Å². The minimum atomic E-state index is -2.58. The lowest BCUT2D eigenvalue weighted by Crippen LogP contribution is -2.14. The molecule has 20 heavy (non-hydrogen) atoms. The van der Waals surface area contributed by atoms with Crippen molar-refractivity contribution in [3.8, 4) is 5.88 Å². The number of carbonyl (C=O) groups is 1. The summed E-state index contributed by atoms with van der Waals surface area (Å²) in [5.74, 6) is -0.222. The van der Waals surface area contributed by atoms with Crippen molar-refractivity contribution in [2.75, 3.05) is 11.9 Å². The Morgan fingerprint density at radius 2 is 2.30 bits per heavy atom. The highest BCUT2D eigenvalue weighted by molar-refractivity contribution is 6.02. The van der Waals surface area contributed by atoms with Gasteiger partial charge >= 0.3 is 0 Å². The van der Waals surface area contributed by atoms with Crippen LogP contribution in [-0.2, 0) is 7.05 Å². The van der Waals surface area contributed by atoms with Gasteiger partial charge < -0.3 is 14.6 Å². The highest BCUT2D eigenvalue weighted by Crippen LogP contribution is 2.13. The summed E-state index contributed by atoms with van der Waals surface area (Å²) in [6.45, 7) is -0.745. The minimum Gasteiger partial charge on any atom is -0.472 e. The van der Waals surface area contributed by atoms with Gasteiger partial charge in [-0.2, -0.15) is 4.98 Å². The maximum absolute atomic E-state index is 12.0. The number of ether oxygens (including phenoxy) is 1. The fraction of sp³-hybridized carbons (Fsp3) is 0.250. The van der Waals surface area contributed by atoms with Crippen LogP contribution in [0.3, 0.4) is 0 Å². The first-order valence-electron chi connectivity index (χ1n) is 5.72. The number of alkyl halides is 2. The summed E-state index contributed by atoms with van der Waals surface area (Å²) in [5, 5.41) is 2.51. The first-order valence-corrected chi connectivity index (χ1v) is 5.72. The number of hydrogen-bond acceptors (Lipinski definition) is 4. The number of amides is 1. The molecule has 0 aliphatic carbocycles. The van der Waals surface area contributed by atoms with E-state index in [1.807, 2.05) is 0 Å². The van der Waals surface area contributed by atoms with Gasteiger partial charge in [0, 0.05) is 19.3 Å². The molecule has 2 aromatic heterocycles. The Kier molecular flexibility index (Phi) is 4.24. The Hall–Kier alpha value is -2.51. The van der Waals surface area contributed by atoms with Gasteiger partial charge in [0.2, 0.25) is 5.88 Å². The van der Waals surface area contributed by atoms with Crippen LogP contribution in [0.5, 0.6) is 5.88 Å². The molecular weight excluding hydrogens is 270 g/mol. The third kappa shape index (κ3) is 3.74. The zero-order chi connectivity index (χ0) is 14.5. The van der Waals surface area contributed by atoms with Crippen molar-refractivity contribution in [1.82, 2.24) is 14.5 Å². The van der Waals surface area contributed by atoms with Crippen molar-refractivity contribution in [1.29, 1.82) is 0 Å². The van der Waals surface area contributed by atoms with E-state index in [1.54, 1.807) is 23.9 Å². The fourth-order valence-electron chi connectivity index (χ4n) is 1.42. The van der Waals surface area contributed by atoms with Crippen LogP contribution in [0.25, 0.3) is 0 Å². The molecule has 2 heterocycles. The molecular formula is C12H12F2N4O2. The second kappa shape index (κ2) is 6.09. The predicted molar refractivity (Wildman–Crippen MR) is 66.9 cm³/mol. The number of nitrogens with zero attached hydrogens (tertiary/aromatic N) is 3. The summed E-state index contributed by atoms with van der Waals surface area (Å²) in [5.41, 5.74) is 0.230. The Morgan fingerprint density at radius 1 is 1.50 bits per heavy atom. The molecule has 0 fully saturated rings. The molecule has 0 spiro atoms. The molecule has 6 nitrogen and oxygen atoms in total. The number of hydrogen-bond donors (Lipinski definition) is 1. The highest BCUT2D eigenvalue weighted by Gasteiger charge is 2.10. The summed E-state index contributed by atoms with van der Waals surface area (Å²) < 4.78 is 30.4. The number of anilines is 1. The first kappa shape index (κ1) is 13.9. The van der Waals surface area contributed by atoms with Crippen molar-refractivity contribution in [3.63, 3.8) is 0 Å². The molecule has 0 bridgehead atoms. The van der Waals surface area contributed by atoms with Crippen molar-refractivity contribution in [3.05, 3.63) is 36.4 Å². The molecule has 0 aliphatic rings. The monoisotopic (exact) mass is 282 g/mol. The van der Waals surface area contributed by atoms with E-state index in [1.165, 1.54) is 18.5 Å². The van der Waals surface area contributed by atoms with E-state index in [0.29, 0.717) is 0 Å². The van der Waals surface area contributed by atoms with Gasteiger partial charge in [0.05, 0.1) is 6.33 Å². The van der Waals surface area contributed by atoms with Gasteiger partial charge in [-0.15, -0.1) is 0 Å². The standard InChI is InChI=1S/C12H12F2N4O2/c1-18-5-8(15-7-18)12(19)17-10-3-2-4-11(16-10)20-6-9(13)14/h2-5,7,9H,6H2,1H3,(H,16,17,19). The van der Waals surface area contributed by atoms with Crippen LogP contribution >= 0.6 is 0 Å². The van der Waals surface area contributed by atoms with Gasteiger partial charge in [-0.1, -0.05) is 6.07 Å². The topological polar surface area (TPSA) is 69.0 Å². The lowest BCUT2D eigenvalue weighted by molar-refractivity contribution is 0.0796. The summed E-state index contributed by atoms with van der Waals surface area (Å²) in [6, 6.07) is 4.50. The van der Waals surface area contributed by atoms with Crippen molar-refractivity contribution >= 4 is 11.7 Å². The Morgan fingerprint density at radius 3 is 2.95 bits per heavy atom. The van der Waals surface area contributed by atoms with Crippen LogP contribution in [0.15, 0.2) is 30.7 Å². The molecule has 0 aromatic carbocycles. The van der Waals surface area contributed by atoms with E-state index >= 15 is 0 Å². The van der Waals surface area contributed by atoms with Gasteiger partial charge in [0.15, 0.2) is 6.61 Å². The predicted octanol–water partition coefficient (Wildman–Crippen LogP) is 1.71. The van der Waals surface area contributed by atoms with E-state index < -0.39 is 18.9 Å². The highest BCUT2D eigenvalue weighted by atomic mass is 19.3. The number of aromatic nitrogens is 3. The van der Waals surface area contributed by atoms with Gasteiger partial charge in [-0.25, -0.2) is 13.8 Å². The summed E-state index contributed by atoms with van der Waals surface area (Å²) >= 11 is 0. The Labute approximate surface area is 113 Å². The second-order valence-corrected chi connectivity index (χ2v) is 3.94. The third-order valence-electron chi connectivity index (χ3n) is 2.26. The van der Waals surface area contributed by atoms with Crippen LogP contribution < -0.4 is 10.1 Å². The minimum absolute atomic E-state index is 0.0177. The van der Waals surface area contributed by atoms with Gasteiger partial charge in [0.25, 0.3) is 12.3 Å². The zero-order valence-corrected chi connectivity index (χ0v) is 10.6. The lowest BCUT2D eigenvalue weighted by Gasteiger charge is -2.06. The summed E-state index contributed by atoms with van der Waals surface area (Å²) in [7, 11) is 1.74. The molecule has 106 valence electrons. The average Bonchev–Trinajstić information content (AvgIpc) is 2.84. The quantitative estimate of drug-likeness (QED) is 0.906. The van der Waals surface area contributed by atoms with Gasteiger partial charge in [-0.05, 0) is 6.07 Å². The average molecular weight is 282 g/mol. The van der Waals surface area contributed by atoms with E-state index in [-0.39, 0.29) is 17.4 Å². The van der Waals surface area contributed by atoms with E-state index in [9.17, 15) is 13.6 Å². The number of halogens is 2. The molecule has 0 radical (unpaired) electrons. The molecule has 0 saturated heterocycles. The molecule has 2 aromatic rings. The SMILES string of the molecule is Cn1cnc(C(=O)Nc2cccc(OCC(F)F)n2)c1. The maximum atomic E-state index is 12.0. The number of imidazole rings is 1. The lowest BCUT2D eigenvalue weighted by atomic mass is 10.4. The normalized spacial score (nSPS) is 10.6. The van der Waals surface area contributed by atoms with Crippen LogP contribution in [0.1, 0.15) is 10.5 Å². The largest absolute Gasteiger partial charge is 0.472 e. The molecule has 2 rings (SSSR count). The number of carbonyl (C=O) groups excluding carboxylic acids is 1. The third-order valence-corrected chi connectivity index (χ3v) is 2.26. The fourth-order valence-corrected chi connectivity index (χ4v) is 1.42. The van der Waals surface area contributed by atoms with Gasteiger partial charge in [-0.3, -0.25) is 4.79 Å². The molecule has 0 atom stereocenters. The number of nitrogens with one attached hydrogen (secondary N) is 1. The van der Waals surface area contributed by atoms with Crippen molar-refractivity contribution in [2.45, 2.75) is 6.43 Å². The summed E-state index contributed by atoms with van der Waals surface area (Å²) in [4.78, 5) is 19.6. The Balaban J connectivity index is 2.02. The first-order chi connectivity index (χ1) is 9.54. The van der Waals surface area contributed by atoms with Crippen LogP contribution in [0.2, 0.25) is 0 Å². The number of rotatable bonds is 5. The molecule has 0 aliphatic heterocycles. The van der Waals surface area contributed by atoms with E-state index in [4.69, 9.17) is 4.74 Å². The number of pyridine rings is 1. The maximum Gasteiger partial charge on any atom is 0.277 e. The molecule has 0 saturated carbocycles. The smallest absolute Gasteiger partial charge is 0.277 e. The zero-order valence-electron chi connectivity index (χ0n) is 10.6. The molecule has 1 amide bonds. The Bertz CT molecular complexity index is 601. The van der Waals surface area contributed by atoms with Crippen LogP contribution in [-0.4, -0.2) is 33.5 Å². The van der Waals surface area contributed by atoms with E-state index in [2.05, 4.69) is 15.3 Å². The summed E-state index contributed by atoms with van der Waals surface area (Å²) in [6.07, 6.45) is 0.459. The second-order valence-electron chi connectivity index (χ2n) is 3.94. The van der Waals surface area contributed by atoms with Crippen molar-refractivity contribution < 1.29 is 18.3 Å². The number of aryl methyl sites for hydroxylation is 1. The molecule has 8 heteroatoms. The van der Waals surface area contributed by atoms with Crippen LogP contribution in [0.4, 0.5) is 14.6 Å².